The van der Waals surface area contributed by atoms with Crippen molar-refractivity contribution in [1.82, 2.24) is 0 Å². The quantitative estimate of drug-likeness (QED) is 0.796. The van der Waals surface area contributed by atoms with E-state index in [1.807, 2.05) is 0 Å². The number of rotatable bonds is 4. The topological polar surface area (TPSA) is 75.1 Å². The van der Waals surface area contributed by atoms with Crippen molar-refractivity contribution >= 4 is 23.3 Å². The van der Waals surface area contributed by atoms with Crippen LogP contribution < -0.4 is 11.2 Å². The molecule has 0 aliphatic carbocycles. The van der Waals surface area contributed by atoms with Crippen LogP contribution in [0.15, 0.2) is 33.5 Å². The second-order valence-electron chi connectivity index (χ2n) is 3.57. The Morgan fingerprint density at radius 3 is 2.83 bits per heavy atom. The largest absolute Gasteiger partial charge is 0.330 e. The molecule has 1 aromatic rings. The van der Waals surface area contributed by atoms with Crippen LogP contribution in [0.1, 0.15) is 6.42 Å². The molecular formula is C11H11F2N5. The van der Waals surface area contributed by atoms with Crippen molar-refractivity contribution in [2.75, 3.05) is 12.0 Å². The van der Waals surface area contributed by atoms with Crippen LogP contribution in [-0.2, 0) is 0 Å². The number of nitrogens with zero attached hydrogens (tertiary/aromatic N) is 3. The first-order valence-electron chi connectivity index (χ1n) is 5.30. The minimum absolute atomic E-state index is 0.341. The van der Waals surface area contributed by atoms with Gasteiger partial charge in [0.1, 0.15) is 5.71 Å². The fourth-order valence-corrected chi connectivity index (χ4v) is 1.38. The molecule has 0 fully saturated rings. The summed E-state index contributed by atoms with van der Waals surface area (Å²) in [5, 5.41) is 11.6. The Bertz CT molecular complexity index is 536. The summed E-state index contributed by atoms with van der Waals surface area (Å²) in [5.74, 6) is -1.84. The van der Waals surface area contributed by atoms with Crippen LogP contribution in [-0.4, -0.2) is 24.2 Å². The van der Waals surface area contributed by atoms with E-state index in [0.717, 1.165) is 12.1 Å². The number of halogens is 2. The monoisotopic (exact) mass is 251 g/mol. The van der Waals surface area contributed by atoms with Crippen LogP contribution in [0.2, 0.25) is 0 Å². The first-order valence-corrected chi connectivity index (χ1v) is 5.30. The summed E-state index contributed by atoms with van der Waals surface area (Å²) in [6.07, 6.45) is 2.02. The maximum absolute atomic E-state index is 12.9. The van der Waals surface area contributed by atoms with Crippen LogP contribution >= 0.6 is 0 Å². The summed E-state index contributed by atoms with van der Waals surface area (Å²) in [5.41, 5.74) is 9.56. The molecule has 0 bridgehead atoms. The molecule has 7 heteroatoms. The predicted molar refractivity (Wildman–Crippen MR) is 67.0 cm³/mol. The lowest BCUT2D eigenvalue weighted by molar-refractivity contribution is 0.509. The number of hydrogen-bond donors (Lipinski definition) is 2. The molecule has 0 radical (unpaired) electrons. The maximum atomic E-state index is 12.9. The molecule has 0 unspecified atom stereocenters. The van der Waals surface area contributed by atoms with Gasteiger partial charge >= 0.3 is 0 Å². The van der Waals surface area contributed by atoms with Crippen molar-refractivity contribution in [3.05, 3.63) is 29.8 Å². The van der Waals surface area contributed by atoms with Gasteiger partial charge in [-0.05, 0) is 18.7 Å². The Morgan fingerprint density at radius 2 is 2.11 bits per heavy atom. The van der Waals surface area contributed by atoms with E-state index in [9.17, 15) is 8.78 Å². The Labute approximate surface area is 102 Å². The number of anilines is 1. The molecule has 94 valence electrons. The van der Waals surface area contributed by atoms with Gasteiger partial charge in [0.2, 0.25) is 0 Å². The van der Waals surface area contributed by atoms with Gasteiger partial charge in [-0.3, -0.25) is 5.43 Å². The number of nitrogens with two attached hydrogens (primary N) is 1. The molecule has 2 rings (SSSR count). The highest BCUT2D eigenvalue weighted by Gasteiger charge is 2.11. The number of hydrazone groups is 1. The van der Waals surface area contributed by atoms with Crippen LogP contribution in [0, 0.1) is 11.6 Å². The Kier molecular flexibility index (Phi) is 3.73. The normalized spacial score (nSPS) is 16.2. The maximum Gasteiger partial charge on any atom is 0.160 e. The van der Waals surface area contributed by atoms with Gasteiger partial charge in [0, 0.05) is 12.5 Å². The highest BCUT2D eigenvalue weighted by atomic mass is 19.2. The highest BCUT2D eigenvalue weighted by molar-refractivity contribution is 6.64. The fourth-order valence-electron chi connectivity index (χ4n) is 1.38. The van der Waals surface area contributed by atoms with E-state index in [-0.39, 0.29) is 0 Å². The van der Waals surface area contributed by atoms with Gasteiger partial charge in [-0.1, -0.05) is 0 Å². The molecule has 1 aliphatic heterocycles. The van der Waals surface area contributed by atoms with Gasteiger partial charge < -0.3 is 5.73 Å². The minimum atomic E-state index is -0.934. The lowest BCUT2D eigenvalue weighted by atomic mass is 10.2. The number of hydrogen-bond acceptors (Lipinski definition) is 5. The molecule has 0 aromatic heterocycles. The standard InChI is InChI=1S/C11H11F2N5/c12-8-2-1-7(5-9(8)13)16-18-11-6-15-17-10(11)3-4-14/h1-2,5-6,16H,3-4,14H2. The van der Waals surface area contributed by atoms with Gasteiger partial charge in [0.15, 0.2) is 11.6 Å². The number of nitrogens with one attached hydrogen (secondary N) is 1. The lowest BCUT2D eigenvalue weighted by Gasteiger charge is -2.03. The van der Waals surface area contributed by atoms with Crippen molar-refractivity contribution in [2.45, 2.75) is 6.42 Å². The molecule has 1 aromatic carbocycles. The zero-order chi connectivity index (χ0) is 13.0. The molecule has 18 heavy (non-hydrogen) atoms. The molecule has 3 N–H and O–H groups in total. The van der Waals surface area contributed by atoms with E-state index >= 15 is 0 Å². The molecule has 1 aliphatic rings. The van der Waals surface area contributed by atoms with Crippen LogP contribution in [0.25, 0.3) is 0 Å². The van der Waals surface area contributed by atoms with Crippen molar-refractivity contribution < 1.29 is 8.78 Å². The van der Waals surface area contributed by atoms with Gasteiger partial charge in [0.05, 0.1) is 17.6 Å². The molecule has 1 heterocycles. The molecule has 0 saturated heterocycles. The predicted octanol–water partition coefficient (Wildman–Crippen LogP) is 1.52. The van der Waals surface area contributed by atoms with E-state index in [1.165, 1.54) is 12.3 Å². The van der Waals surface area contributed by atoms with Gasteiger partial charge in [-0.15, -0.1) is 0 Å². The molecule has 0 atom stereocenters. The Balaban J connectivity index is 2.08. The van der Waals surface area contributed by atoms with E-state index in [0.29, 0.717) is 30.1 Å². The smallest absolute Gasteiger partial charge is 0.160 e. The SMILES string of the molecule is NCCC1=NN=CC1=NNc1ccc(F)c(F)c1. The zero-order valence-electron chi connectivity index (χ0n) is 9.40. The zero-order valence-corrected chi connectivity index (χ0v) is 9.40. The van der Waals surface area contributed by atoms with E-state index < -0.39 is 11.6 Å². The van der Waals surface area contributed by atoms with E-state index in [2.05, 4.69) is 20.7 Å². The third-order valence-electron chi connectivity index (χ3n) is 2.26. The van der Waals surface area contributed by atoms with E-state index in [4.69, 9.17) is 5.73 Å². The Hall–Kier alpha value is -2.15. The summed E-state index contributed by atoms with van der Waals surface area (Å²) >= 11 is 0. The molecule has 0 saturated carbocycles. The summed E-state index contributed by atoms with van der Waals surface area (Å²) in [7, 11) is 0. The second kappa shape index (κ2) is 5.46. The first-order chi connectivity index (χ1) is 8.70. The molecule has 0 amide bonds. The second-order valence-corrected chi connectivity index (χ2v) is 3.57. The van der Waals surface area contributed by atoms with Crippen LogP contribution in [0.3, 0.4) is 0 Å². The van der Waals surface area contributed by atoms with Gasteiger partial charge in [-0.25, -0.2) is 8.78 Å². The summed E-state index contributed by atoms with van der Waals surface area (Å²) < 4.78 is 25.7. The first kappa shape index (κ1) is 12.3. The van der Waals surface area contributed by atoms with Crippen LogP contribution in [0.4, 0.5) is 14.5 Å². The van der Waals surface area contributed by atoms with Crippen molar-refractivity contribution in [1.29, 1.82) is 0 Å². The molecule has 5 nitrogen and oxygen atoms in total. The van der Waals surface area contributed by atoms with Crippen molar-refractivity contribution in [3.63, 3.8) is 0 Å². The average Bonchev–Trinajstić information content (AvgIpc) is 2.79. The highest BCUT2D eigenvalue weighted by Crippen LogP contribution is 2.13. The lowest BCUT2D eigenvalue weighted by Crippen LogP contribution is -2.17. The summed E-state index contributed by atoms with van der Waals surface area (Å²) in [6.45, 7) is 0.437. The van der Waals surface area contributed by atoms with Gasteiger partial charge in [0.25, 0.3) is 0 Å². The third-order valence-corrected chi connectivity index (χ3v) is 2.26. The Morgan fingerprint density at radius 1 is 1.28 bits per heavy atom. The molecule has 0 spiro atoms. The van der Waals surface area contributed by atoms with Crippen LogP contribution in [0.5, 0.6) is 0 Å². The average molecular weight is 251 g/mol. The van der Waals surface area contributed by atoms with E-state index in [1.54, 1.807) is 0 Å². The summed E-state index contributed by atoms with van der Waals surface area (Å²) in [4.78, 5) is 0. The van der Waals surface area contributed by atoms with Gasteiger partial charge in [-0.2, -0.15) is 15.3 Å². The minimum Gasteiger partial charge on any atom is -0.330 e. The van der Waals surface area contributed by atoms with Crippen molar-refractivity contribution in [3.8, 4) is 0 Å². The molecular weight excluding hydrogens is 240 g/mol. The third kappa shape index (κ3) is 2.75. The van der Waals surface area contributed by atoms with Crippen molar-refractivity contribution in [2.24, 2.45) is 21.0 Å². The summed E-state index contributed by atoms with van der Waals surface area (Å²) in [6, 6.07) is 3.43. The number of benzene rings is 1. The fraction of sp³-hybridized carbons (Fsp3) is 0.182.